The minimum Gasteiger partial charge on any atom is -0.494 e. The quantitative estimate of drug-likeness (QED) is 0.845. The van der Waals surface area contributed by atoms with Gasteiger partial charge in [-0.25, -0.2) is 0 Å². The summed E-state index contributed by atoms with van der Waals surface area (Å²) < 4.78 is 15.5. The van der Waals surface area contributed by atoms with E-state index in [0.29, 0.717) is 22.9 Å². The maximum Gasteiger partial charge on any atom is 0.255 e. The van der Waals surface area contributed by atoms with Crippen molar-refractivity contribution in [3.8, 4) is 17.2 Å². The van der Waals surface area contributed by atoms with Gasteiger partial charge >= 0.3 is 0 Å². The van der Waals surface area contributed by atoms with Crippen molar-refractivity contribution < 1.29 is 24.1 Å². The molecule has 0 radical (unpaired) electrons. The maximum absolute atomic E-state index is 11.8. The second kappa shape index (κ2) is 5.79. The zero-order valence-electron chi connectivity index (χ0n) is 11.7. The van der Waals surface area contributed by atoms with E-state index in [-0.39, 0.29) is 0 Å². The van der Waals surface area contributed by atoms with Crippen LogP contribution in [0.2, 0.25) is 0 Å². The summed E-state index contributed by atoms with van der Waals surface area (Å²) >= 11 is 0. The molecule has 0 atom stereocenters. The number of benzene rings is 1. The van der Waals surface area contributed by atoms with E-state index in [9.17, 15) is 9.90 Å². The van der Waals surface area contributed by atoms with Crippen LogP contribution in [0.1, 0.15) is 13.8 Å². The Hall–Kier alpha value is -1.95. The molecular weight excluding hydrogens is 250 g/mol. The van der Waals surface area contributed by atoms with Gasteiger partial charge in [-0.2, -0.15) is 0 Å². The molecule has 1 rings (SSSR count). The fraction of sp³-hybridized carbons (Fsp3) is 0.462. The van der Waals surface area contributed by atoms with E-state index in [4.69, 9.17) is 14.2 Å². The SMILES string of the molecule is COc1cc(OC)c(OC)cc1NC(=O)C(C)(C)O. The number of nitrogens with one attached hydrogen (secondary N) is 1. The van der Waals surface area contributed by atoms with Gasteiger partial charge < -0.3 is 24.6 Å². The van der Waals surface area contributed by atoms with Crippen LogP contribution in [0.15, 0.2) is 12.1 Å². The Kier molecular flexibility index (Phi) is 4.61. The van der Waals surface area contributed by atoms with Crippen molar-refractivity contribution in [1.82, 2.24) is 0 Å². The third kappa shape index (κ3) is 3.51. The molecule has 0 saturated heterocycles. The topological polar surface area (TPSA) is 77.0 Å². The molecule has 0 fully saturated rings. The van der Waals surface area contributed by atoms with Gasteiger partial charge in [0.2, 0.25) is 0 Å². The highest BCUT2D eigenvalue weighted by Gasteiger charge is 2.25. The third-order valence-electron chi connectivity index (χ3n) is 2.51. The van der Waals surface area contributed by atoms with Gasteiger partial charge in [0.15, 0.2) is 11.5 Å². The molecule has 0 unspecified atom stereocenters. The summed E-state index contributed by atoms with van der Waals surface area (Å²) in [5, 5.41) is 12.2. The molecule has 106 valence electrons. The number of aliphatic hydroxyl groups is 1. The molecule has 0 heterocycles. The Balaban J connectivity index is 3.16. The molecule has 0 aromatic heterocycles. The number of carbonyl (C=O) groups is 1. The first-order valence-corrected chi connectivity index (χ1v) is 5.67. The molecule has 0 bridgehead atoms. The predicted molar refractivity (Wildman–Crippen MR) is 71.0 cm³/mol. The maximum atomic E-state index is 11.8. The smallest absolute Gasteiger partial charge is 0.255 e. The Morgan fingerprint density at radius 2 is 1.53 bits per heavy atom. The molecule has 1 aromatic carbocycles. The molecule has 2 N–H and O–H groups in total. The molecule has 0 aliphatic rings. The number of amides is 1. The summed E-state index contributed by atoms with van der Waals surface area (Å²) in [5.74, 6) is 0.809. The van der Waals surface area contributed by atoms with Crippen LogP contribution in [0, 0.1) is 0 Å². The average molecular weight is 269 g/mol. The summed E-state index contributed by atoms with van der Waals surface area (Å²) in [6.07, 6.45) is 0. The van der Waals surface area contributed by atoms with Crippen molar-refractivity contribution in [2.75, 3.05) is 26.6 Å². The number of methoxy groups -OCH3 is 3. The minimum absolute atomic E-state index is 0.396. The highest BCUT2D eigenvalue weighted by molar-refractivity contribution is 5.98. The van der Waals surface area contributed by atoms with E-state index in [2.05, 4.69) is 5.32 Å². The van der Waals surface area contributed by atoms with Crippen LogP contribution in [0.4, 0.5) is 5.69 Å². The van der Waals surface area contributed by atoms with E-state index in [1.807, 2.05) is 0 Å². The Morgan fingerprint density at radius 1 is 1.05 bits per heavy atom. The van der Waals surface area contributed by atoms with Crippen molar-refractivity contribution in [3.05, 3.63) is 12.1 Å². The first-order valence-electron chi connectivity index (χ1n) is 5.67. The van der Waals surface area contributed by atoms with Crippen molar-refractivity contribution >= 4 is 11.6 Å². The summed E-state index contributed by atoms with van der Waals surface area (Å²) in [4.78, 5) is 11.8. The van der Waals surface area contributed by atoms with Gasteiger partial charge in [-0.1, -0.05) is 0 Å². The van der Waals surface area contributed by atoms with Gasteiger partial charge in [-0.3, -0.25) is 4.79 Å². The van der Waals surface area contributed by atoms with Crippen LogP contribution >= 0.6 is 0 Å². The zero-order valence-corrected chi connectivity index (χ0v) is 11.7. The van der Waals surface area contributed by atoms with Crippen LogP contribution in [-0.4, -0.2) is 37.9 Å². The van der Waals surface area contributed by atoms with Crippen LogP contribution in [-0.2, 0) is 4.79 Å². The minimum atomic E-state index is -1.49. The molecule has 0 saturated carbocycles. The highest BCUT2D eigenvalue weighted by Crippen LogP contribution is 2.37. The lowest BCUT2D eigenvalue weighted by Crippen LogP contribution is -2.36. The van der Waals surface area contributed by atoms with Crippen LogP contribution in [0.25, 0.3) is 0 Å². The van der Waals surface area contributed by atoms with E-state index >= 15 is 0 Å². The molecule has 0 aliphatic heterocycles. The van der Waals surface area contributed by atoms with Gasteiger partial charge in [0.05, 0.1) is 27.0 Å². The average Bonchev–Trinajstić information content (AvgIpc) is 2.36. The Bertz CT molecular complexity index is 465. The normalized spacial score (nSPS) is 10.8. The Labute approximate surface area is 112 Å². The monoisotopic (exact) mass is 269 g/mol. The first-order chi connectivity index (χ1) is 8.83. The van der Waals surface area contributed by atoms with Crippen molar-refractivity contribution in [2.24, 2.45) is 0 Å². The van der Waals surface area contributed by atoms with Gasteiger partial charge in [0, 0.05) is 12.1 Å². The number of hydrogen-bond donors (Lipinski definition) is 2. The third-order valence-corrected chi connectivity index (χ3v) is 2.51. The largest absolute Gasteiger partial charge is 0.494 e. The van der Waals surface area contributed by atoms with E-state index < -0.39 is 11.5 Å². The second-order valence-electron chi connectivity index (χ2n) is 4.42. The molecule has 6 nitrogen and oxygen atoms in total. The highest BCUT2D eigenvalue weighted by atomic mass is 16.5. The predicted octanol–water partition coefficient (Wildman–Crippen LogP) is 1.42. The number of hydrogen-bond acceptors (Lipinski definition) is 5. The molecule has 1 aromatic rings. The van der Waals surface area contributed by atoms with Gasteiger partial charge in [-0.15, -0.1) is 0 Å². The molecule has 1 amide bonds. The van der Waals surface area contributed by atoms with Gasteiger partial charge in [0.1, 0.15) is 11.4 Å². The molecule has 0 spiro atoms. The molecule has 0 aliphatic carbocycles. The number of carbonyl (C=O) groups excluding carboxylic acids is 1. The van der Waals surface area contributed by atoms with Gasteiger partial charge in [-0.05, 0) is 13.8 Å². The molecular formula is C13H19NO5. The molecule has 6 heteroatoms. The fourth-order valence-corrected chi connectivity index (χ4v) is 1.40. The van der Waals surface area contributed by atoms with E-state index in [0.717, 1.165) is 0 Å². The van der Waals surface area contributed by atoms with E-state index in [1.165, 1.54) is 35.2 Å². The lowest BCUT2D eigenvalue weighted by atomic mass is 10.1. The summed E-state index contributed by atoms with van der Waals surface area (Å²) in [6, 6.07) is 3.17. The molecule has 19 heavy (non-hydrogen) atoms. The number of rotatable bonds is 5. The van der Waals surface area contributed by atoms with Crippen molar-refractivity contribution in [3.63, 3.8) is 0 Å². The standard InChI is InChI=1S/C13H19NO5/c1-13(2,16)12(15)14-8-6-10(18-4)11(19-5)7-9(8)17-3/h6-7,16H,1-5H3,(H,14,15). The van der Waals surface area contributed by atoms with Crippen LogP contribution < -0.4 is 19.5 Å². The van der Waals surface area contributed by atoms with Crippen LogP contribution in [0.3, 0.4) is 0 Å². The Morgan fingerprint density at radius 3 is 1.95 bits per heavy atom. The van der Waals surface area contributed by atoms with Crippen molar-refractivity contribution in [2.45, 2.75) is 19.4 Å². The number of ether oxygens (including phenoxy) is 3. The van der Waals surface area contributed by atoms with Crippen LogP contribution in [0.5, 0.6) is 17.2 Å². The summed E-state index contributed by atoms with van der Waals surface area (Å²) in [7, 11) is 4.47. The first kappa shape index (κ1) is 15.1. The van der Waals surface area contributed by atoms with E-state index in [1.54, 1.807) is 12.1 Å². The lowest BCUT2D eigenvalue weighted by Gasteiger charge is -2.19. The summed E-state index contributed by atoms with van der Waals surface area (Å²) in [6.45, 7) is 2.80. The van der Waals surface area contributed by atoms with Gasteiger partial charge in [0.25, 0.3) is 5.91 Å². The summed E-state index contributed by atoms with van der Waals surface area (Å²) in [5.41, 5.74) is -1.09. The van der Waals surface area contributed by atoms with Crippen molar-refractivity contribution in [1.29, 1.82) is 0 Å². The second-order valence-corrected chi connectivity index (χ2v) is 4.42. The lowest BCUT2D eigenvalue weighted by molar-refractivity contribution is -0.130. The zero-order chi connectivity index (χ0) is 14.6. The number of anilines is 1. The fourth-order valence-electron chi connectivity index (χ4n) is 1.40.